The van der Waals surface area contributed by atoms with E-state index >= 15 is 0 Å². The maximum absolute atomic E-state index is 11.8. The third-order valence-electron chi connectivity index (χ3n) is 2.14. The van der Waals surface area contributed by atoms with Crippen molar-refractivity contribution in [1.82, 2.24) is 10.6 Å². The van der Waals surface area contributed by atoms with E-state index in [0.717, 1.165) is 0 Å². The molecule has 18 heavy (non-hydrogen) atoms. The highest BCUT2D eigenvalue weighted by Gasteiger charge is 2.08. The van der Waals surface area contributed by atoms with Crippen molar-refractivity contribution in [2.75, 3.05) is 13.7 Å². The molecule has 1 aromatic carbocycles. The molecule has 0 saturated carbocycles. The van der Waals surface area contributed by atoms with Gasteiger partial charge in [-0.15, -0.1) is 0 Å². The lowest BCUT2D eigenvalue weighted by Crippen LogP contribution is -2.41. The number of amides is 1. The molecule has 1 atom stereocenters. The third kappa shape index (κ3) is 4.68. The Kier molecular flexibility index (Phi) is 5.54. The van der Waals surface area contributed by atoms with Crippen LogP contribution < -0.4 is 15.4 Å². The highest BCUT2D eigenvalue weighted by molar-refractivity contribution is 7.80. The second-order valence-electron chi connectivity index (χ2n) is 3.74. The van der Waals surface area contributed by atoms with Crippen molar-refractivity contribution in [2.45, 2.75) is 13.0 Å². The number of aliphatic hydroxyl groups is 1. The van der Waals surface area contributed by atoms with Crippen molar-refractivity contribution >= 4 is 23.2 Å². The minimum Gasteiger partial charge on any atom is -0.497 e. The van der Waals surface area contributed by atoms with E-state index < -0.39 is 6.10 Å². The Balaban J connectivity index is 2.51. The van der Waals surface area contributed by atoms with Gasteiger partial charge in [-0.25, -0.2) is 0 Å². The first kappa shape index (κ1) is 14.4. The fourth-order valence-corrected chi connectivity index (χ4v) is 1.38. The van der Waals surface area contributed by atoms with E-state index in [1.807, 2.05) is 0 Å². The number of nitrogens with one attached hydrogen (secondary N) is 2. The van der Waals surface area contributed by atoms with Crippen LogP contribution in [0, 0.1) is 0 Å². The van der Waals surface area contributed by atoms with Crippen LogP contribution >= 0.6 is 12.2 Å². The molecular formula is C12H16N2O3S. The Morgan fingerprint density at radius 2 is 2.06 bits per heavy atom. The molecule has 1 aromatic rings. The standard InChI is InChI=1S/C12H16N2O3S/c1-8(15)7-13-12(18)14-11(16)9-3-5-10(17-2)6-4-9/h3-6,8,15H,7H2,1-2H3,(H2,13,14,16,18). The molecule has 0 aliphatic rings. The molecular weight excluding hydrogens is 252 g/mol. The van der Waals surface area contributed by atoms with E-state index in [1.165, 1.54) is 0 Å². The van der Waals surface area contributed by atoms with Gasteiger partial charge in [-0.1, -0.05) is 0 Å². The van der Waals surface area contributed by atoms with Crippen LogP contribution in [0.15, 0.2) is 24.3 Å². The molecule has 0 heterocycles. The van der Waals surface area contributed by atoms with E-state index in [9.17, 15) is 4.79 Å². The third-order valence-corrected chi connectivity index (χ3v) is 2.38. The van der Waals surface area contributed by atoms with Gasteiger partial charge in [-0.05, 0) is 43.4 Å². The molecule has 0 spiro atoms. The van der Waals surface area contributed by atoms with Crippen LogP contribution in [0.4, 0.5) is 0 Å². The van der Waals surface area contributed by atoms with Gasteiger partial charge >= 0.3 is 0 Å². The van der Waals surface area contributed by atoms with Gasteiger partial charge in [-0.3, -0.25) is 10.1 Å². The minimum atomic E-state index is -0.527. The lowest BCUT2D eigenvalue weighted by Gasteiger charge is -2.10. The average molecular weight is 268 g/mol. The monoisotopic (exact) mass is 268 g/mol. The van der Waals surface area contributed by atoms with Crippen molar-refractivity contribution in [3.05, 3.63) is 29.8 Å². The summed E-state index contributed by atoms with van der Waals surface area (Å²) < 4.78 is 5.00. The van der Waals surface area contributed by atoms with Crippen molar-refractivity contribution < 1.29 is 14.6 Å². The van der Waals surface area contributed by atoms with Crippen molar-refractivity contribution in [1.29, 1.82) is 0 Å². The molecule has 5 nitrogen and oxygen atoms in total. The Labute approximate surface area is 111 Å². The number of methoxy groups -OCH3 is 1. The fourth-order valence-electron chi connectivity index (χ4n) is 1.20. The number of thiocarbonyl (C=S) groups is 1. The molecule has 6 heteroatoms. The van der Waals surface area contributed by atoms with Crippen LogP contribution in [0.3, 0.4) is 0 Å². The molecule has 0 saturated heterocycles. The SMILES string of the molecule is COc1ccc(C(=O)NC(=S)NCC(C)O)cc1. The second kappa shape index (κ2) is 6.93. The maximum Gasteiger partial charge on any atom is 0.257 e. The Morgan fingerprint density at radius 3 is 2.56 bits per heavy atom. The van der Waals surface area contributed by atoms with Crippen LogP contribution in [0.1, 0.15) is 17.3 Å². The van der Waals surface area contributed by atoms with Gasteiger partial charge in [0.1, 0.15) is 5.75 Å². The highest BCUT2D eigenvalue weighted by atomic mass is 32.1. The molecule has 0 fully saturated rings. The molecule has 1 unspecified atom stereocenters. The molecule has 0 bridgehead atoms. The number of rotatable bonds is 4. The number of carbonyl (C=O) groups is 1. The zero-order valence-corrected chi connectivity index (χ0v) is 11.1. The van der Waals surface area contributed by atoms with E-state index in [4.69, 9.17) is 22.1 Å². The van der Waals surface area contributed by atoms with Crippen molar-refractivity contribution in [2.24, 2.45) is 0 Å². The summed E-state index contributed by atoms with van der Waals surface area (Å²) in [4.78, 5) is 11.8. The number of hydrogen-bond acceptors (Lipinski definition) is 4. The molecule has 1 rings (SSSR count). The Hall–Kier alpha value is -1.66. The molecule has 0 aromatic heterocycles. The van der Waals surface area contributed by atoms with Crippen molar-refractivity contribution in [3.8, 4) is 5.75 Å². The summed E-state index contributed by atoms with van der Waals surface area (Å²) in [5, 5.41) is 14.5. The number of benzene rings is 1. The molecule has 98 valence electrons. The minimum absolute atomic E-state index is 0.191. The topological polar surface area (TPSA) is 70.6 Å². The van der Waals surface area contributed by atoms with Crippen LogP contribution in [0.2, 0.25) is 0 Å². The number of hydrogen-bond donors (Lipinski definition) is 3. The quantitative estimate of drug-likeness (QED) is 0.701. The van der Waals surface area contributed by atoms with Gasteiger partial charge in [0.15, 0.2) is 5.11 Å². The van der Waals surface area contributed by atoms with Crippen LogP contribution in [-0.4, -0.2) is 35.9 Å². The lowest BCUT2D eigenvalue weighted by atomic mass is 10.2. The predicted molar refractivity (Wildman–Crippen MR) is 72.7 cm³/mol. The van der Waals surface area contributed by atoms with Gasteiger partial charge in [0, 0.05) is 12.1 Å². The van der Waals surface area contributed by atoms with Gasteiger partial charge in [0.25, 0.3) is 5.91 Å². The Bertz CT molecular complexity index is 418. The number of ether oxygens (including phenoxy) is 1. The normalized spacial score (nSPS) is 11.5. The summed E-state index contributed by atoms with van der Waals surface area (Å²) in [5.74, 6) is 0.377. The van der Waals surface area contributed by atoms with Crippen LogP contribution in [-0.2, 0) is 0 Å². The molecule has 3 N–H and O–H groups in total. The van der Waals surface area contributed by atoms with Crippen LogP contribution in [0.5, 0.6) is 5.75 Å². The largest absolute Gasteiger partial charge is 0.497 e. The first-order valence-electron chi connectivity index (χ1n) is 5.44. The van der Waals surface area contributed by atoms with E-state index in [0.29, 0.717) is 17.9 Å². The fraction of sp³-hybridized carbons (Fsp3) is 0.333. The maximum atomic E-state index is 11.8. The average Bonchev–Trinajstić information content (AvgIpc) is 2.36. The molecule has 1 amide bonds. The van der Waals surface area contributed by atoms with Gasteiger partial charge in [0.2, 0.25) is 0 Å². The van der Waals surface area contributed by atoms with E-state index in [-0.39, 0.29) is 11.0 Å². The van der Waals surface area contributed by atoms with Crippen LogP contribution in [0.25, 0.3) is 0 Å². The summed E-state index contributed by atoms with van der Waals surface area (Å²) in [5.41, 5.74) is 0.483. The smallest absolute Gasteiger partial charge is 0.257 e. The van der Waals surface area contributed by atoms with E-state index in [2.05, 4.69) is 10.6 Å². The van der Waals surface area contributed by atoms with Gasteiger partial charge in [0.05, 0.1) is 13.2 Å². The molecule has 0 aliphatic carbocycles. The summed E-state index contributed by atoms with van der Waals surface area (Å²) in [6, 6.07) is 6.68. The molecule has 0 radical (unpaired) electrons. The zero-order valence-electron chi connectivity index (χ0n) is 10.3. The first-order chi connectivity index (χ1) is 8.52. The summed E-state index contributed by atoms with van der Waals surface area (Å²) >= 11 is 4.92. The molecule has 0 aliphatic heterocycles. The summed E-state index contributed by atoms with van der Waals surface area (Å²) in [7, 11) is 1.56. The first-order valence-corrected chi connectivity index (χ1v) is 5.85. The second-order valence-corrected chi connectivity index (χ2v) is 4.15. The highest BCUT2D eigenvalue weighted by Crippen LogP contribution is 2.10. The summed E-state index contributed by atoms with van der Waals surface area (Å²) in [6.45, 7) is 1.92. The van der Waals surface area contributed by atoms with E-state index in [1.54, 1.807) is 38.3 Å². The Morgan fingerprint density at radius 1 is 1.44 bits per heavy atom. The summed E-state index contributed by atoms with van der Waals surface area (Å²) in [6.07, 6.45) is -0.527. The van der Waals surface area contributed by atoms with Gasteiger partial charge in [-0.2, -0.15) is 0 Å². The van der Waals surface area contributed by atoms with Crippen molar-refractivity contribution in [3.63, 3.8) is 0 Å². The number of aliphatic hydroxyl groups excluding tert-OH is 1. The number of carbonyl (C=O) groups excluding carboxylic acids is 1. The lowest BCUT2D eigenvalue weighted by molar-refractivity contribution is 0.0976. The zero-order chi connectivity index (χ0) is 13.5. The van der Waals surface area contributed by atoms with Gasteiger partial charge < -0.3 is 15.2 Å². The predicted octanol–water partition coefficient (Wildman–Crippen LogP) is 0.680.